The van der Waals surface area contributed by atoms with Crippen LogP contribution in [0.3, 0.4) is 0 Å². The third-order valence-electron chi connectivity index (χ3n) is 4.72. The Hall–Kier alpha value is -3.57. The maximum atomic E-state index is 12.9. The highest BCUT2D eigenvalue weighted by atomic mass is 35.5. The quantitative estimate of drug-likeness (QED) is 0.495. The summed E-state index contributed by atoms with van der Waals surface area (Å²) in [6.07, 6.45) is 1.68. The van der Waals surface area contributed by atoms with Crippen molar-refractivity contribution < 1.29 is 9.21 Å². The molecule has 4 aromatic rings. The van der Waals surface area contributed by atoms with Crippen molar-refractivity contribution in [2.75, 3.05) is 0 Å². The van der Waals surface area contributed by atoms with E-state index in [0.29, 0.717) is 10.8 Å². The van der Waals surface area contributed by atoms with E-state index in [9.17, 15) is 9.59 Å². The molecule has 1 unspecified atom stereocenters. The van der Waals surface area contributed by atoms with Crippen LogP contribution in [0.25, 0.3) is 0 Å². The van der Waals surface area contributed by atoms with Crippen molar-refractivity contribution in [3.8, 4) is 0 Å². The van der Waals surface area contributed by atoms with Crippen LogP contribution in [0, 0.1) is 0 Å². The van der Waals surface area contributed by atoms with Crippen molar-refractivity contribution in [3.05, 3.63) is 129 Å². The average molecular weight is 419 g/mol. The Kier molecular flexibility index (Phi) is 5.82. The molecule has 2 aromatic carbocycles. The van der Waals surface area contributed by atoms with E-state index in [2.05, 4.69) is 5.32 Å². The first kappa shape index (κ1) is 19.7. The van der Waals surface area contributed by atoms with E-state index >= 15 is 0 Å². The van der Waals surface area contributed by atoms with Crippen LogP contribution in [0.15, 0.2) is 100 Å². The number of hydrogen-bond acceptors (Lipinski definition) is 3. The molecule has 0 aliphatic carbocycles. The number of hydrogen-bond donors (Lipinski definition) is 1. The first-order chi connectivity index (χ1) is 14.6. The zero-order chi connectivity index (χ0) is 20.9. The molecule has 0 saturated heterocycles. The lowest BCUT2D eigenvalue weighted by atomic mass is 9.98. The van der Waals surface area contributed by atoms with Gasteiger partial charge in [-0.1, -0.05) is 60.1 Å². The van der Waals surface area contributed by atoms with Gasteiger partial charge in [0.25, 0.3) is 11.5 Å². The van der Waals surface area contributed by atoms with Crippen LogP contribution in [-0.2, 0) is 6.54 Å². The van der Waals surface area contributed by atoms with Crippen LogP contribution in [0.5, 0.6) is 0 Å². The molecule has 30 heavy (non-hydrogen) atoms. The molecule has 0 bridgehead atoms. The summed E-state index contributed by atoms with van der Waals surface area (Å²) in [6, 6.07) is 24.9. The van der Waals surface area contributed by atoms with Gasteiger partial charge in [0.15, 0.2) is 5.76 Å². The Bertz CT molecular complexity index is 1200. The van der Waals surface area contributed by atoms with Gasteiger partial charge in [-0.05, 0) is 41.5 Å². The Labute approximate surface area is 178 Å². The molecule has 1 N–H and O–H groups in total. The summed E-state index contributed by atoms with van der Waals surface area (Å²) in [7, 11) is 0. The third kappa shape index (κ3) is 4.53. The fourth-order valence-corrected chi connectivity index (χ4v) is 3.33. The molecule has 0 radical (unpaired) electrons. The van der Waals surface area contributed by atoms with Crippen molar-refractivity contribution in [3.63, 3.8) is 0 Å². The molecule has 0 fully saturated rings. The smallest absolute Gasteiger partial charge is 0.287 e. The molecular formula is C24H19ClN2O3. The maximum Gasteiger partial charge on any atom is 0.287 e. The summed E-state index contributed by atoms with van der Waals surface area (Å²) in [4.78, 5) is 24.8. The summed E-state index contributed by atoms with van der Waals surface area (Å²) in [6.45, 7) is 0.256. The number of pyridine rings is 1. The molecule has 4 rings (SSSR count). The second-order valence-corrected chi connectivity index (χ2v) is 7.24. The Morgan fingerprint density at radius 1 is 0.900 bits per heavy atom. The summed E-state index contributed by atoms with van der Waals surface area (Å²) in [5.74, 6) is 0.366. The molecule has 1 amide bonds. The SMILES string of the molecule is O=C(NC(c1ccccc1)c1ccc(Cl)cc1)c1ccc(Cn2ccccc2=O)o1. The number of rotatable bonds is 6. The van der Waals surface area contributed by atoms with Gasteiger partial charge in [0.2, 0.25) is 0 Å². The van der Waals surface area contributed by atoms with Gasteiger partial charge < -0.3 is 14.3 Å². The summed E-state index contributed by atoms with van der Waals surface area (Å²) in [5, 5.41) is 3.66. The summed E-state index contributed by atoms with van der Waals surface area (Å²) >= 11 is 6.02. The first-order valence-corrected chi connectivity index (χ1v) is 9.83. The molecule has 0 aliphatic rings. The molecule has 1 atom stereocenters. The van der Waals surface area contributed by atoms with Gasteiger partial charge in [0.05, 0.1) is 12.6 Å². The van der Waals surface area contributed by atoms with Gasteiger partial charge in [0.1, 0.15) is 5.76 Å². The lowest BCUT2D eigenvalue weighted by Crippen LogP contribution is -2.29. The van der Waals surface area contributed by atoms with Crippen LogP contribution in [0.4, 0.5) is 0 Å². The predicted molar refractivity (Wildman–Crippen MR) is 116 cm³/mol. The third-order valence-corrected chi connectivity index (χ3v) is 4.97. The monoisotopic (exact) mass is 418 g/mol. The van der Waals surface area contributed by atoms with E-state index in [4.69, 9.17) is 16.0 Å². The van der Waals surface area contributed by atoms with Gasteiger partial charge in [-0.15, -0.1) is 0 Å². The summed E-state index contributed by atoms with van der Waals surface area (Å²) in [5.41, 5.74) is 1.71. The van der Waals surface area contributed by atoms with Crippen LogP contribution in [-0.4, -0.2) is 10.5 Å². The van der Waals surface area contributed by atoms with Gasteiger partial charge >= 0.3 is 0 Å². The van der Waals surface area contributed by atoms with Crippen molar-refractivity contribution in [1.82, 2.24) is 9.88 Å². The minimum Gasteiger partial charge on any atom is -0.454 e. The van der Waals surface area contributed by atoms with Gasteiger partial charge in [-0.3, -0.25) is 9.59 Å². The second kappa shape index (κ2) is 8.84. The number of benzene rings is 2. The number of nitrogens with zero attached hydrogens (tertiary/aromatic N) is 1. The summed E-state index contributed by atoms with van der Waals surface area (Å²) < 4.78 is 7.22. The van der Waals surface area contributed by atoms with Crippen molar-refractivity contribution in [2.45, 2.75) is 12.6 Å². The zero-order valence-electron chi connectivity index (χ0n) is 16.0. The molecule has 2 heterocycles. The highest BCUT2D eigenvalue weighted by Crippen LogP contribution is 2.24. The predicted octanol–water partition coefficient (Wildman–Crippen LogP) is 4.66. The Morgan fingerprint density at radius 2 is 1.60 bits per heavy atom. The molecule has 6 heteroatoms. The molecular weight excluding hydrogens is 400 g/mol. The highest BCUT2D eigenvalue weighted by Gasteiger charge is 2.20. The number of halogens is 1. The van der Waals surface area contributed by atoms with E-state index in [1.54, 1.807) is 42.6 Å². The standard InChI is InChI=1S/C24H19ClN2O3/c25-19-11-9-18(10-12-19)23(17-6-2-1-3-7-17)26-24(29)21-14-13-20(30-21)16-27-15-5-4-8-22(27)28/h1-15,23H,16H2,(H,26,29). The second-order valence-electron chi connectivity index (χ2n) is 6.80. The largest absolute Gasteiger partial charge is 0.454 e. The van der Waals surface area contributed by atoms with E-state index in [-0.39, 0.29) is 29.8 Å². The number of aromatic nitrogens is 1. The number of amides is 1. The molecule has 0 aliphatic heterocycles. The van der Waals surface area contributed by atoms with Crippen LogP contribution < -0.4 is 10.9 Å². The van der Waals surface area contributed by atoms with Gasteiger partial charge in [-0.2, -0.15) is 0 Å². The van der Waals surface area contributed by atoms with Gasteiger partial charge in [0, 0.05) is 17.3 Å². The Balaban J connectivity index is 1.56. The van der Waals surface area contributed by atoms with Crippen LogP contribution in [0.1, 0.15) is 33.5 Å². The van der Waals surface area contributed by atoms with Gasteiger partial charge in [-0.25, -0.2) is 0 Å². The minimum absolute atomic E-state index is 0.133. The van der Waals surface area contributed by atoms with E-state index in [1.807, 2.05) is 42.5 Å². The first-order valence-electron chi connectivity index (χ1n) is 9.45. The topological polar surface area (TPSA) is 64.2 Å². The molecule has 0 saturated carbocycles. The zero-order valence-corrected chi connectivity index (χ0v) is 16.8. The number of carbonyl (C=O) groups excluding carboxylic acids is 1. The number of carbonyl (C=O) groups is 1. The van der Waals surface area contributed by atoms with Crippen molar-refractivity contribution in [1.29, 1.82) is 0 Å². The molecule has 0 spiro atoms. The Morgan fingerprint density at radius 3 is 2.33 bits per heavy atom. The van der Waals surface area contributed by atoms with E-state index in [0.717, 1.165) is 11.1 Å². The van der Waals surface area contributed by atoms with E-state index in [1.165, 1.54) is 10.6 Å². The van der Waals surface area contributed by atoms with E-state index < -0.39 is 0 Å². The lowest BCUT2D eigenvalue weighted by Gasteiger charge is -2.19. The molecule has 150 valence electrons. The minimum atomic E-state index is -0.360. The number of nitrogens with one attached hydrogen (secondary N) is 1. The fraction of sp³-hybridized carbons (Fsp3) is 0.0833. The highest BCUT2D eigenvalue weighted by molar-refractivity contribution is 6.30. The van der Waals surface area contributed by atoms with Crippen molar-refractivity contribution in [2.24, 2.45) is 0 Å². The van der Waals surface area contributed by atoms with Crippen LogP contribution in [0.2, 0.25) is 5.02 Å². The fourth-order valence-electron chi connectivity index (χ4n) is 3.21. The average Bonchev–Trinajstić information content (AvgIpc) is 3.24. The normalized spacial score (nSPS) is 11.8. The molecule has 5 nitrogen and oxygen atoms in total. The number of furan rings is 1. The van der Waals surface area contributed by atoms with Crippen molar-refractivity contribution >= 4 is 17.5 Å². The maximum absolute atomic E-state index is 12.9. The van der Waals surface area contributed by atoms with Crippen LogP contribution >= 0.6 is 11.6 Å². The molecule has 2 aromatic heterocycles. The lowest BCUT2D eigenvalue weighted by molar-refractivity contribution is 0.0913.